The van der Waals surface area contributed by atoms with Gasteiger partial charge in [-0.15, -0.1) is 0 Å². The molecule has 5 heteroatoms. The van der Waals surface area contributed by atoms with Gasteiger partial charge in [-0.25, -0.2) is 4.98 Å². The van der Waals surface area contributed by atoms with E-state index in [1.54, 1.807) is 17.0 Å². The number of nitrogens with zero attached hydrogens (tertiary/aromatic N) is 3. The van der Waals surface area contributed by atoms with Gasteiger partial charge in [-0.3, -0.25) is 4.57 Å². The molecule has 4 nitrogen and oxygen atoms in total. The standard InChI is InChI=1S/C11H9BrN4/c12-9-5-8(6-13)1-2-10(9)16-4-3-15-11(16)7-14/h1-5H,6,13H2. The Kier molecular flexibility index (Phi) is 3.04. The maximum absolute atomic E-state index is 8.89. The molecule has 0 fully saturated rings. The van der Waals surface area contributed by atoms with Crippen molar-refractivity contribution in [3.8, 4) is 11.8 Å². The van der Waals surface area contributed by atoms with Crippen molar-refractivity contribution < 1.29 is 0 Å². The highest BCUT2D eigenvalue weighted by Crippen LogP contribution is 2.23. The third kappa shape index (κ3) is 1.85. The molecule has 2 N–H and O–H groups in total. The second-order valence-corrected chi connectivity index (χ2v) is 4.08. The van der Waals surface area contributed by atoms with Crippen LogP contribution in [-0.2, 0) is 6.54 Å². The Labute approximate surface area is 101 Å². The average Bonchev–Trinajstić information content (AvgIpc) is 2.76. The van der Waals surface area contributed by atoms with Crippen LogP contribution in [0.3, 0.4) is 0 Å². The van der Waals surface area contributed by atoms with Gasteiger partial charge in [-0.1, -0.05) is 6.07 Å². The van der Waals surface area contributed by atoms with Gasteiger partial charge < -0.3 is 5.73 Å². The Morgan fingerprint density at radius 3 is 2.94 bits per heavy atom. The molecule has 0 radical (unpaired) electrons. The molecule has 0 amide bonds. The van der Waals surface area contributed by atoms with Crippen LogP contribution in [0, 0.1) is 11.3 Å². The van der Waals surface area contributed by atoms with E-state index >= 15 is 0 Å². The van der Waals surface area contributed by atoms with Crippen LogP contribution in [0.5, 0.6) is 0 Å². The van der Waals surface area contributed by atoms with E-state index < -0.39 is 0 Å². The summed E-state index contributed by atoms with van der Waals surface area (Å²) in [4.78, 5) is 3.95. The highest BCUT2D eigenvalue weighted by atomic mass is 79.9. The first-order valence-corrected chi connectivity index (χ1v) is 5.48. The van der Waals surface area contributed by atoms with Gasteiger partial charge in [0.1, 0.15) is 6.07 Å². The molecule has 80 valence electrons. The van der Waals surface area contributed by atoms with Crippen LogP contribution in [0.25, 0.3) is 5.69 Å². The third-order valence-electron chi connectivity index (χ3n) is 2.25. The lowest BCUT2D eigenvalue weighted by molar-refractivity contribution is 1.00. The maximum atomic E-state index is 8.89. The predicted molar refractivity (Wildman–Crippen MR) is 63.9 cm³/mol. The van der Waals surface area contributed by atoms with Crippen LogP contribution >= 0.6 is 15.9 Å². The molecule has 0 saturated carbocycles. The Hall–Kier alpha value is -1.64. The monoisotopic (exact) mass is 276 g/mol. The normalized spacial score (nSPS) is 10.1. The highest BCUT2D eigenvalue weighted by molar-refractivity contribution is 9.10. The summed E-state index contributed by atoms with van der Waals surface area (Å²) in [6, 6.07) is 7.82. The SMILES string of the molecule is N#Cc1nccn1-c1ccc(CN)cc1Br. The van der Waals surface area contributed by atoms with Crippen molar-refractivity contribution >= 4 is 15.9 Å². The van der Waals surface area contributed by atoms with E-state index in [1.807, 2.05) is 24.3 Å². The minimum Gasteiger partial charge on any atom is -0.326 e. The second-order valence-electron chi connectivity index (χ2n) is 3.22. The molecule has 0 bridgehead atoms. The number of benzene rings is 1. The number of rotatable bonds is 2. The highest BCUT2D eigenvalue weighted by Gasteiger charge is 2.07. The topological polar surface area (TPSA) is 67.6 Å². The van der Waals surface area contributed by atoms with E-state index in [2.05, 4.69) is 20.9 Å². The fourth-order valence-corrected chi connectivity index (χ4v) is 2.07. The van der Waals surface area contributed by atoms with Gasteiger partial charge in [0.2, 0.25) is 5.82 Å². The van der Waals surface area contributed by atoms with Gasteiger partial charge in [0, 0.05) is 23.4 Å². The zero-order chi connectivity index (χ0) is 11.5. The summed E-state index contributed by atoms with van der Waals surface area (Å²) in [6.45, 7) is 0.494. The molecule has 2 aromatic rings. The van der Waals surface area contributed by atoms with Gasteiger partial charge in [0.25, 0.3) is 0 Å². The van der Waals surface area contributed by atoms with Crippen LogP contribution in [0.4, 0.5) is 0 Å². The Morgan fingerprint density at radius 2 is 2.31 bits per heavy atom. The number of halogens is 1. The largest absolute Gasteiger partial charge is 0.326 e. The second kappa shape index (κ2) is 4.47. The maximum Gasteiger partial charge on any atom is 0.217 e. The molecular formula is C11H9BrN4. The molecule has 2 rings (SSSR count). The van der Waals surface area contributed by atoms with Crippen LogP contribution in [0.1, 0.15) is 11.4 Å². The summed E-state index contributed by atoms with van der Waals surface area (Å²) in [5, 5.41) is 8.89. The molecule has 0 atom stereocenters. The Balaban J connectivity index is 2.53. The first kappa shape index (κ1) is 10.9. The Morgan fingerprint density at radius 1 is 1.50 bits per heavy atom. The lowest BCUT2D eigenvalue weighted by atomic mass is 10.2. The summed E-state index contributed by atoms with van der Waals surface area (Å²) >= 11 is 3.46. The van der Waals surface area contributed by atoms with Gasteiger partial charge >= 0.3 is 0 Å². The van der Waals surface area contributed by atoms with Crippen LogP contribution in [0.15, 0.2) is 35.1 Å². The lowest BCUT2D eigenvalue weighted by Crippen LogP contribution is -2.00. The third-order valence-corrected chi connectivity index (χ3v) is 2.88. The molecule has 0 aliphatic heterocycles. The molecule has 0 aliphatic carbocycles. The summed E-state index contributed by atoms with van der Waals surface area (Å²) in [5.41, 5.74) is 7.47. The van der Waals surface area contributed by atoms with Crippen molar-refractivity contribution in [1.29, 1.82) is 5.26 Å². The van der Waals surface area contributed by atoms with Gasteiger partial charge in [-0.2, -0.15) is 5.26 Å². The van der Waals surface area contributed by atoms with E-state index in [9.17, 15) is 0 Å². The van der Waals surface area contributed by atoms with Crippen molar-refractivity contribution in [3.63, 3.8) is 0 Å². The lowest BCUT2D eigenvalue weighted by Gasteiger charge is -2.07. The quantitative estimate of drug-likeness (QED) is 0.912. The van der Waals surface area contributed by atoms with Crippen LogP contribution < -0.4 is 5.73 Å². The summed E-state index contributed by atoms with van der Waals surface area (Å²) in [6.07, 6.45) is 3.35. The molecule has 16 heavy (non-hydrogen) atoms. The minimum atomic E-state index is 0.362. The van der Waals surface area contributed by atoms with E-state index in [-0.39, 0.29) is 0 Å². The molecule has 1 aromatic carbocycles. The zero-order valence-electron chi connectivity index (χ0n) is 8.39. The van der Waals surface area contributed by atoms with E-state index in [4.69, 9.17) is 11.0 Å². The smallest absolute Gasteiger partial charge is 0.217 e. The molecule has 1 heterocycles. The van der Waals surface area contributed by atoms with E-state index in [0.29, 0.717) is 12.4 Å². The van der Waals surface area contributed by atoms with Gasteiger partial charge in [0.15, 0.2) is 0 Å². The number of aromatic nitrogens is 2. The molecule has 0 unspecified atom stereocenters. The van der Waals surface area contributed by atoms with Crippen molar-refractivity contribution in [3.05, 3.63) is 46.5 Å². The van der Waals surface area contributed by atoms with Crippen LogP contribution in [-0.4, -0.2) is 9.55 Å². The van der Waals surface area contributed by atoms with Gasteiger partial charge in [0.05, 0.1) is 5.69 Å². The van der Waals surface area contributed by atoms with E-state index in [1.165, 1.54) is 0 Å². The first-order valence-electron chi connectivity index (χ1n) is 4.68. The van der Waals surface area contributed by atoms with Crippen molar-refractivity contribution in [2.45, 2.75) is 6.54 Å². The molecule has 0 aliphatic rings. The average molecular weight is 277 g/mol. The van der Waals surface area contributed by atoms with E-state index in [0.717, 1.165) is 15.7 Å². The van der Waals surface area contributed by atoms with Gasteiger partial charge in [-0.05, 0) is 33.6 Å². The van der Waals surface area contributed by atoms with Crippen molar-refractivity contribution in [2.24, 2.45) is 5.73 Å². The number of imidazole rings is 1. The fraction of sp³-hybridized carbons (Fsp3) is 0.0909. The number of nitriles is 1. The Bertz CT molecular complexity index is 553. The summed E-state index contributed by atoms with van der Waals surface area (Å²) in [7, 11) is 0. The number of hydrogen-bond donors (Lipinski definition) is 1. The first-order chi connectivity index (χ1) is 7.76. The molecule has 0 spiro atoms. The summed E-state index contributed by atoms with van der Waals surface area (Å²) < 4.78 is 2.62. The number of nitrogens with two attached hydrogens (primary N) is 1. The molecular weight excluding hydrogens is 268 g/mol. The van der Waals surface area contributed by atoms with Crippen molar-refractivity contribution in [2.75, 3.05) is 0 Å². The zero-order valence-corrected chi connectivity index (χ0v) is 9.98. The molecule has 1 aromatic heterocycles. The number of hydrogen-bond acceptors (Lipinski definition) is 3. The summed E-state index contributed by atoms with van der Waals surface area (Å²) in [5.74, 6) is 0.362. The van der Waals surface area contributed by atoms with Crippen LogP contribution in [0.2, 0.25) is 0 Å². The molecule has 0 saturated heterocycles. The predicted octanol–water partition coefficient (Wildman–Crippen LogP) is 1.97. The van der Waals surface area contributed by atoms with Crippen molar-refractivity contribution in [1.82, 2.24) is 9.55 Å². The minimum absolute atomic E-state index is 0.362. The fourth-order valence-electron chi connectivity index (χ4n) is 1.45.